The van der Waals surface area contributed by atoms with E-state index in [1.165, 1.54) is 6.20 Å². The molecule has 24 heavy (non-hydrogen) atoms. The van der Waals surface area contributed by atoms with Crippen molar-refractivity contribution in [2.75, 3.05) is 11.9 Å². The van der Waals surface area contributed by atoms with Crippen LogP contribution in [0.5, 0.6) is 5.88 Å². The van der Waals surface area contributed by atoms with Gasteiger partial charge in [0.05, 0.1) is 17.2 Å². The zero-order valence-electron chi connectivity index (χ0n) is 12.8. The molecule has 7 nitrogen and oxygen atoms in total. The molecule has 0 saturated heterocycles. The van der Waals surface area contributed by atoms with Gasteiger partial charge in [-0.1, -0.05) is 23.7 Å². The maximum absolute atomic E-state index is 12.2. The van der Waals surface area contributed by atoms with Gasteiger partial charge in [0.25, 0.3) is 5.91 Å². The number of rotatable bonds is 5. The monoisotopic (exact) mass is 343 g/mol. The van der Waals surface area contributed by atoms with Crippen molar-refractivity contribution in [3.05, 3.63) is 53.2 Å². The SMILES string of the molecule is CCOc1ccc(C(=O)Nc2n[nH]c(-c3ccccc3Cl)n2)cn1. The Morgan fingerprint density at radius 2 is 2.12 bits per heavy atom. The molecule has 2 aromatic heterocycles. The van der Waals surface area contributed by atoms with Gasteiger partial charge in [-0.3, -0.25) is 15.2 Å². The van der Waals surface area contributed by atoms with Crippen molar-refractivity contribution in [1.82, 2.24) is 20.2 Å². The van der Waals surface area contributed by atoms with E-state index >= 15 is 0 Å². The summed E-state index contributed by atoms with van der Waals surface area (Å²) < 4.78 is 5.24. The van der Waals surface area contributed by atoms with Gasteiger partial charge < -0.3 is 4.74 Å². The van der Waals surface area contributed by atoms with Crippen LogP contribution in [0.2, 0.25) is 5.02 Å². The van der Waals surface area contributed by atoms with E-state index in [1.54, 1.807) is 18.2 Å². The number of ether oxygens (including phenoxy) is 1. The van der Waals surface area contributed by atoms with Crippen LogP contribution in [0.1, 0.15) is 17.3 Å². The molecule has 0 aliphatic carbocycles. The van der Waals surface area contributed by atoms with Crippen LogP contribution in [0, 0.1) is 0 Å². The molecule has 0 fully saturated rings. The van der Waals surface area contributed by atoms with Crippen LogP contribution in [0.4, 0.5) is 5.95 Å². The van der Waals surface area contributed by atoms with E-state index in [0.29, 0.717) is 34.5 Å². The molecule has 0 unspecified atom stereocenters. The number of halogens is 1. The molecule has 0 saturated carbocycles. The fourth-order valence-electron chi connectivity index (χ4n) is 2.01. The maximum atomic E-state index is 12.2. The minimum atomic E-state index is -0.366. The first-order valence-electron chi connectivity index (χ1n) is 7.25. The molecule has 8 heteroatoms. The summed E-state index contributed by atoms with van der Waals surface area (Å²) in [6.45, 7) is 2.38. The van der Waals surface area contributed by atoms with E-state index in [4.69, 9.17) is 16.3 Å². The van der Waals surface area contributed by atoms with E-state index in [2.05, 4.69) is 25.5 Å². The molecule has 0 aliphatic rings. The zero-order valence-corrected chi connectivity index (χ0v) is 13.5. The fraction of sp³-hybridized carbons (Fsp3) is 0.125. The molecule has 0 aliphatic heterocycles. The number of anilines is 1. The lowest BCUT2D eigenvalue weighted by Gasteiger charge is -2.03. The van der Waals surface area contributed by atoms with E-state index in [0.717, 1.165) is 0 Å². The van der Waals surface area contributed by atoms with E-state index < -0.39 is 0 Å². The minimum Gasteiger partial charge on any atom is -0.478 e. The van der Waals surface area contributed by atoms with E-state index in [1.807, 2.05) is 25.1 Å². The third-order valence-electron chi connectivity index (χ3n) is 3.13. The number of hydrogen-bond acceptors (Lipinski definition) is 5. The molecule has 2 N–H and O–H groups in total. The van der Waals surface area contributed by atoms with Crippen LogP contribution in [0.3, 0.4) is 0 Å². The van der Waals surface area contributed by atoms with Crippen molar-refractivity contribution in [2.45, 2.75) is 6.92 Å². The van der Waals surface area contributed by atoms with Crippen LogP contribution in [-0.4, -0.2) is 32.7 Å². The quantitative estimate of drug-likeness (QED) is 0.742. The van der Waals surface area contributed by atoms with Crippen LogP contribution >= 0.6 is 11.6 Å². The lowest BCUT2D eigenvalue weighted by molar-refractivity contribution is 0.102. The number of hydrogen-bond donors (Lipinski definition) is 2. The van der Waals surface area contributed by atoms with Crippen molar-refractivity contribution in [3.63, 3.8) is 0 Å². The van der Waals surface area contributed by atoms with Gasteiger partial charge in [0.2, 0.25) is 11.8 Å². The Morgan fingerprint density at radius 1 is 1.29 bits per heavy atom. The Kier molecular flexibility index (Phi) is 4.72. The Labute approximate surface area is 143 Å². The smallest absolute Gasteiger partial charge is 0.259 e. The average Bonchev–Trinajstić information content (AvgIpc) is 3.04. The number of aromatic amines is 1. The van der Waals surface area contributed by atoms with Gasteiger partial charge in [0, 0.05) is 17.8 Å². The summed E-state index contributed by atoms with van der Waals surface area (Å²) in [6.07, 6.45) is 1.43. The third kappa shape index (κ3) is 3.52. The number of nitrogens with zero attached hydrogens (tertiary/aromatic N) is 3. The highest BCUT2D eigenvalue weighted by atomic mass is 35.5. The van der Waals surface area contributed by atoms with E-state index in [-0.39, 0.29) is 11.9 Å². The van der Waals surface area contributed by atoms with Crippen LogP contribution < -0.4 is 10.1 Å². The standard InChI is InChI=1S/C16H14ClN5O2/c1-2-24-13-8-7-10(9-18-13)15(23)20-16-19-14(21-22-16)11-5-3-4-6-12(11)17/h3-9H,2H2,1H3,(H2,19,20,21,22,23). The topological polar surface area (TPSA) is 92.8 Å². The molecule has 0 bridgehead atoms. The van der Waals surface area contributed by atoms with Crippen molar-refractivity contribution in [2.24, 2.45) is 0 Å². The van der Waals surface area contributed by atoms with Crippen LogP contribution in [0.25, 0.3) is 11.4 Å². The summed E-state index contributed by atoms with van der Waals surface area (Å²) in [7, 11) is 0. The number of aromatic nitrogens is 4. The highest BCUT2D eigenvalue weighted by molar-refractivity contribution is 6.33. The molecule has 122 valence electrons. The van der Waals surface area contributed by atoms with Gasteiger partial charge in [0.1, 0.15) is 0 Å². The Hall–Kier alpha value is -2.93. The molecule has 2 heterocycles. The highest BCUT2D eigenvalue weighted by Crippen LogP contribution is 2.24. The number of carbonyl (C=O) groups excluding carboxylic acids is 1. The van der Waals surface area contributed by atoms with Gasteiger partial charge in [-0.05, 0) is 25.1 Å². The number of H-pyrrole nitrogens is 1. The molecular formula is C16H14ClN5O2. The van der Waals surface area contributed by atoms with Gasteiger partial charge in [-0.2, -0.15) is 4.98 Å². The van der Waals surface area contributed by atoms with Crippen LogP contribution in [-0.2, 0) is 0 Å². The first-order valence-corrected chi connectivity index (χ1v) is 7.62. The third-order valence-corrected chi connectivity index (χ3v) is 3.46. The van der Waals surface area contributed by atoms with E-state index in [9.17, 15) is 4.79 Å². The van der Waals surface area contributed by atoms with Crippen molar-refractivity contribution < 1.29 is 9.53 Å². The average molecular weight is 344 g/mol. The summed E-state index contributed by atoms with van der Waals surface area (Å²) in [5.41, 5.74) is 1.08. The summed E-state index contributed by atoms with van der Waals surface area (Å²) in [5, 5.41) is 9.87. The van der Waals surface area contributed by atoms with Gasteiger partial charge in [0.15, 0.2) is 5.82 Å². The maximum Gasteiger partial charge on any atom is 0.259 e. The number of amides is 1. The Morgan fingerprint density at radius 3 is 2.83 bits per heavy atom. The first kappa shape index (κ1) is 15.9. The second kappa shape index (κ2) is 7.10. The fourth-order valence-corrected chi connectivity index (χ4v) is 2.24. The minimum absolute atomic E-state index is 0.156. The molecule has 1 aromatic carbocycles. The summed E-state index contributed by atoms with van der Waals surface area (Å²) in [5.74, 6) is 0.729. The Bertz CT molecular complexity index is 848. The summed E-state index contributed by atoms with van der Waals surface area (Å²) in [4.78, 5) is 20.5. The van der Waals surface area contributed by atoms with Crippen molar-refractivity contribution in [1.29, 1.82) is 0 Å². The normalized spacial score (nSPS) is 10.4. The number of nitrogens with one attached hydrogen (secondary N) is 2. The molecule has 0 spiro atoms. The predicted molar refractivity (Wildman–Crippen MR) is 90.2 cm³/mol. The first-order chi connectivity index (χ1) is 11.7. The zero-order chi connectivity index (χ0) is 16.9. The molecule has 1 amide bonds. The van der Waals surface area contributed by atoms with Crippen LogP contribution in [0.15, 0.2) is 42.6 Å². The van der Waals surface area contributed by atoms with Gasteiger partial charge >= 0.3 is 0 Å². The van der Waals surface area contributed by atoms with Gasteiger partial charge in [-0.25, -0.2) is 4.98 Å². The second-order valence-corrected chi connectivity index (χ2v) is 5.17. The number of pyridine rings is 1. The predicted octanol–water partition coefficient (Wildman–Crippen LogP) is 3.17. The summed E-state index contributed by atoms with van der Waals surface area (Å²) in [6, 6.07) is 10.5. The lowest BCUT2D eigenvalue weighted by atomic mass is 10.2. The lowest BCUT2D eigenvalue weighted by Crippen LogP contribution is -2.13. The van der Waals surface area contributed by atoms with Gasteiger partial charge in [-0.15, -0.1) is 5.10 Å². The number of carbonyl (C=O) groups is 1. The Balaban J connectivity index is 1.72. The molecule has 3 aromatic rings. The summed E-state index contributed by atoms with van der Waals surface area (Å²) >= 11 is 6.11. The number of benzene rings is 1. The molecule has 3 rings (SSSR count). The molecule has 0 atom stereocenters. The molecule has 0 radical (unpaired) electrons. The highest BCUT2D eigenvalue weighted by Gasteiger charge is 2.12. The largest absolute Gasteiger partial charge is 0.478 e. The second-order valence-electron chi connectivity index (χ2n) is 4.76. The molecular weight excluding hydrogens is 330 g/mol. The van der Waals surface area contributed by atoms with Crippen molar-refractivity contribution >= 4 is 23.5 Å². The van der Waals surface area contributed by atoms with Crippen molar-refractivity contribution in [3.8, 4) is 17.3 Å².